The van der Waals surface area contributed by atoms with E-state index in [0.29, 0.717) is 0 Å². The number of amides is 1. The van der Waals surface area contributed by atoms with E-state index in [4.69, 9.17) is 0 Å². The molecule has 20 heteroatoms. The molecule has 2 rings (SSSR count). The zero-order valence-electron chi connectivity index (χ0n) is 16.3. The van der Waals surface area contributed by atoms with Crippen molar-refractivity contribution in [2.45, 2.75) is 41.7 Å². The molecule has 2 aromatic rings. The van der Waals surface area contributed by atoms with Gasteiger partial charge in [-0.05, 0) is 10.3 Å². The van der Waals surface area contributed by atoms with Crippen LogP contribution in [0.15, 0.2) is 35.0 Å². The molecule has 1 N–H and O–H groups in total. The van der Waals surface area contributed by atoms with Gasteiger partial charge in [0.2, 0.25) is 5.82 Å². The van der Waals surface area contributed by atoms with Crippen molar-refractivity contribution in [1.29, 1.82) is 0 Å². The Kier molecular flexibility index (Phi) is 6.79. The van der Waals surface area contributed by atoms with E-state index in [1.165, 1.54) is 18.2 Å². The van der Waals surface area contributed by atoms with Crippen molar-refractivity contribution in [3.63, 3.8) is 0 Å². The van der Waals surface area contributed by atoms with Crippen molar-refractivity contribution in [3.05, 3.63) is 30.3 Å². The molecule has 1 aromatic carbocycles. The fourth-order valence-electron chi connectivity index (χ4n) is 2.35. The fourth-order valence-corrected chi connectivity index (χ4v) is 2.35. The highest BCUT2D eigenvalue weighted by Gasteiger charge is 2.94. The van der Waals surface area contributed by atoms with Crippen molar-refractivity contribution < 1.29 is 75.3 Å². The molecule has 0 atom stereocenters. The Morgan fingerprint density at radius 3 is 1.56 bits per heavy atom. The van der Waals surface area contributed by atoms with E-state index >= 15 is 0 Å². The lowest BCUT2D eigenvalue weighted by atomic mass is 9.91. The summed E-state index contributed by atoms with van der Waals surface area (Å²) in [5.74, 6) is -53.5. The molecule has 0 bridgehead atoms. The minimum absolute atomic E-state index is 0.144. The van der Waals surface area contributed by atoms with Crippen LogP contribution >= 0.6 is 0 Å². The smallest absolute Gasteiger partial charge is 0.300 e. The first-order valence-corrected chi connectivity index (χ1v) is 8.51. The van der Waals surface area contributed by atoms with Gasteiger partial charge in [0, 0.05) is 5.56 Å². The van der Waals surface area contributed by atoms with Crippen LogP contribution in [0.25, 0.3) is 11.3 Å². The maximum atomic E-state index is 14.0. The van der Waals surface area contributed by atoms with Crippen LogP contribution in [0.5, 0.6) is 0 Å². The minimum Gasteiger partial charge on any atom is -0.300 e. The first kappa shape index (κ1) is 29.0. The molecule has 0 radical (unpaired) electrons. The lowest BCUT2D eigenvalue weighted by Gasteiger charge is -2.41. The molecule has 0 fully saturated rings. The SMILES string of the molecule is O=C(Nc1nonc1-c1ccccc1)C(F)(F)C(F)(F)C(F)(F)C(F)(F)C(F)(F)C(F)(F)C(F)(F)F. The summed E-state index contributed by atoms with van der Waals surface area (Å²) >= 11 is 0. The molecule has 1 heterocycles. The quantitative estimate of drug-likeness (QED) is 0.402. The molecule has 0 aliphatic carbocycles. The van der Waals surface area contributed by atoms with E-state index in [1.807, 2.05) is 0 Å². The van der Waals surface area contributed by atoms with Gasteiger partial charge >= 0.3 is 47.6 Å². The molecule has 0 spiro atoms. The van der Waals surface area contributed by atoms with Crippen LogP contribution in [0.1, 0.15) is 0 Å². The predicted octanol–water partition coefficient (Wildman–Crippen LogP) is 6.05. The van der Waals surface area contributed by atoms with Gasteiger partial charge in [-0.3, -0.25) is 4.79 Å². The van der Waals surface area contributed by atoms with Crippen molar-refractivity contribution >= 4 is 11.7 Å². The minimum atomic E-state index is -8.50. The second-order valence-corrected chi connectivity index (χ2v) is 6.73. The van der Waals surface area contributed by atoms with E-state index in [0.717, 1.165) is 17.4 Å². The van der Waals surface area contributed by atoms with E-state index in [2.05, 4.69) is 14.9 Å². The maximum absolute atomic E-state index is 14.0. The molecular formula is C16H6F15N3O2. The van der Waals surface area contributed by atoms with Gasteiger partial charge in [-0.1, -0.05) is 30.3 Å². The normalized spacial score (nSPS) is 14.6. The number of carbonyl (C=O) groups is 1. The third-order valence-corrected chi connectivity index (χ3v) is 4.38. The molecule has 0 saturated heterocycles. The monoisotopic (exact) mass is 557 g/mol. The molecule has 202 valence electrons. The summed E-state index contributed by atoms with van der Waals surface area (Å²) in [5, 5.41) is 6.55. The number of alkyl halides is 15. The summed E-state index contributed by atoms with van der Waals surface area (Å²) in [5.41, 5.74) is -0.869. The summed E-state index contributed by atoms with van der Waals surface area (Å²) in [6.45, 7) is 0. The summed E-state index contributed by atoms with van der Waals surface area (Å²) < 4.78 is 202. The zero-order valence-corrected chi connectivity index (χ0v) is 16.3. The number of rotatable bonds is 8. The van der Waals surface area contributed by atoms with Gasteiger partial charge in [0.05, 0.1) is 0 Å². The van der Waals surface area contributed by atoms with Crippen LogP contribution in [0.2, 0.25) is 0 Å². The van der Waals surface area contributed by atoms with Crippen LogP contribution in [-0.4, -0.2) is 57.9 Å². The van der Waals surface area contributed by atoms with Crippen molar-refractivity contribution in [3.8, 4) is 11.3 Å². The Balaban J connectivity index is 2.49. The first-order valence-electron chi connectivity index (χ1n) is 8.51. The van der Waals surface area contributed by atoms with Gasteiger partial charge in [-0.25, -0.2) is 4.63 Å². The molecular weight excluding hydrogens is 551 g/mol. The van der Waals surface area contributed by atoms with Gasteiger partial charge in [0.25, 0.3) is 0 Å². The van der Waals surface area contributed by atoms with Gasteiger partial charge in [0.1, 0.15) is 0 Å². The van der Waals surface area contributed by atoms with E-state index in [1.54, 1.807) is 0 Å². The third-order valence-electron chi connectivity index (χ3n) is 4.38. The predicted molar refractivity (Wildman–Crippen MR) is 84.1 cm³/mol. The largest absolute Gasteiger partial charge is 0.460 e. The number of hydrogen-bond donors (Lipinski definition) is 1. The molecule has 0 aliphatic heterocycles. The summed E-state index contributed by atoms with van der Waals surface area (Å²) in [6.07, 6.45) is -7.72. The van der Waals surface area contributed by atoms with Crippen molar-refractivity contribution in [2.24, 2.45) is 0 Å². The number of nitrogens with zero attached hydrogens (tertiary/aromatic N) is 2. The number of nitrogens with one attached hydrogen (secondary N) is 1. The highest BCUT2D eigenvalue weighted by atomic mass is 19.4. The topological polar surface area (TPSA) is 68.0 Å². The zero-order chi connectivity index (χ0) is 28.2. The molecule has 5 nitrogen and oxygen atoms in total. The van der Waals surface area contributed by atoms with Gasteiger partial charge in [0.15, 0.2) is 5.69 Å². The molecule has 0 aliphatic rings. The van der Waals surface area contributed by atoms with Gasteiger partial charge in [-0.2, -0.15) is 65.9 Å². The maximum Gasteiger partial charge on any atom is 0.460 e. The Bertz CT molecular complexity index is 1100. The Morgan fingerprint density at radius 2 is 1.08 bits per heavy atom. The van der Waals surface area contributed by atoms with E-state index in [-0.39, 0.29) is 5.56 Å². The Hall–Kier alpha value is -3.22. The Labute approximate surface area is 187 Å². The molecule has 1 aromatic heterocycles. The highest BCUT2D eigenvalue weighted by molar-refractivity contribution is 5.98. The van der Waals surface area contributed by atoms with Gasteiger partial charge < -0.3 is 5.32 Å². The number of anilines is 1. The number of carbonyl (C=O) groups excluding carboxylic acids is 1. The van der Waals surface area contributed by atoms with Gasteiger partial charge in [-0.15, -0.1) is 0 Å². The molecule has 0 saturated carbocycles. The van der Waals surface area contributed by atoms with E-state index in [9.17, 15) is 70.7 Å². The average Bonchev–Trinajstić information content (AvgIpc) is 3.20. The lowest BCUT2D eigenvalue weighted by molar-refractivity contribution is -0.449. The van der Waals surface area contributed by atoms with Crippen LogP contribution in [0.3, 0.4) is 0 Å². The molecule has 36 heavy (non-hydrogen) atoms. The standard InChI is InChI=1S/C16H6F15N3O2/c17-10(18,9(35)32-8-7(33-36-34-8)6-4-2-1-3-5-6)11(19,20)12(21,22)13(23,24)14(25,26)15(27,28)16(29,30)31/h1-5H,(H,32,34,35). The van der Waals surface area contributed by atoms with Crippen LogP contribution in [0.4, 0.5) is 71.7 Å². The third kappa shape index (κ3) is 3.98. The summed E-state index contributed by atoms with van der Waals surface area (Å²) in [7, 11) is 0. The summed E-state index contributed by atoms with van der Waals surface area (Å²) in [4.78, 5) is 11.6. The summed E-state index contributed by atoms with van der Waals surface area (Å²) in [6, 6.07) is 6.15. The van der Waals surface area contributed by atoms with Crippen LogP contribution < -0.4 is 5.32 Å². The fraction of sp³-hybridized carbons (Fsp3) is 0.438. The lowest BCUT2D eigenvalue weighted by Crippen LogP contribution is -2.73. The average molecular weight is 557 g/mol. The van der Waals surface area contributed by atoms with Crippen molar-refractivity contribution in [2.75, 3.05) is 5.32 Å². The van der Waals surface area contributed by atoms with E-state index < -0.39 is 59.1 Å². The number of aromatic nitrogens is 2. The Morgan fingerprint density at radius 1 is 0.639 bits per heavy atom. The van der Waals surface area contributed by atoms with Crippen LogP contribution in [-0.2, 0) is 4.79 Å². The van der Waals surface area contributed by atoms with Crippen molar-refractivity contribution in [1.82, 2.24) is 10.3 Å². The van der Waals surface area contributed by atoms with Crippen LogP contribution in [0, 0.1) is 0 Å². The highest BCUT2D eigenvalue weighted by Crippen LogP contribution is 2.62. The number of benzene rings is 1. The second-order valence-electron chi connectivity index (χ2n) is 6.73. The number of hydrogen-bond acceptors (Lipinski definition) is 4. The second kappa shape index (κ2) is 8.43. The molecule has 1 amide bonds. The first-order chi connectivity index (χ1) is 16.0. The number of halogens is 15. The molecule has 0 unspecified atom stereocenters.